The van der Waals surface area contributed by atoms with E-state index in [-0.39, 0.29) is 17.7 Å². The fourth-order valence-corrected chi connectivity index (χ4v) is 4.03. The van der Waals surface area contributed by atoms with E-state index in [2.05, 4.69) is 5.10 Å². The lowest BCUT2D eigenvalue weighted by atomic mass is 9.85. The summed E-state index contributed by atoms with van der Waals surface area (Å²) in [5.41, 5.74) is -2.14. The number of nitrogens with zero attached hydrogens (tertiary/aromatic N) is 2. The van der Waals surface area contributed by atoms with Crippen LogP contribution in [0.25, 0.3) is 22.3 Å². The summed E-state index contributed by atoms with van der Waals surface area (Å²) in [6.45, 7) is 4.10. The molecular formula is C22H21F3N2O2. The van der Waals surface area contributed by atoms with Gasteiger partial charge in [-0.15, -0.1) is 0 Å². The molecule has 0 saturated carbocycles. The number of rotatable bonds is 4. The van der Waals surface area contributed by atoms with Gasteiger partial charge >= 0.3 is 0 Å². The van der Waals surface area contributed by atoms with Gasteiger partial charge in [0.25, 0.3) is 5.92 Å². The second kappa shape index (κ2) is 6.18. The maximum Gasteiger partial charge on any atom is 0.281 e. The van der Waals surface area contributed by atoms with Crippen molar-refractivity contribution in [2.24, 2.45) is 0 Å². The summed E-state index contributed by atoms with van der Waals surface area (Å²) < 4.78 is 45.2. The first-order valence-corrected chi connectivity index (χ1v) is 9.21. The highest BCUT2D eigenvalue weighted by Crippen LogP contribution is 2.56. The summed E-state index contributed by atoms with van der Waals surface area (Å²) in [5.74, 6) is -4.27. The number of aromatic nitrogens is 2. The molecule has 4 rings (SSSR count). The van der Waals surface area contributed by atoms with Gasteiger partial charge in [0.15, 0.2) is 5.60 Å². The predicted octanol–water partition coefficient (Wildman–Crippen LogP) is 4.33. The fraction of sp³-hybridized carbons (Fsp3) is 0.318. The van der Waals surface area contributed by atoms with Crippen LogP contribution in [0.1, 0.15) is 31.9 Å². The van der Waals surface area contributed by atoms with Crippen LogP contribution in [0.5, 0.6) is 0 Å². The largest absolute Gasteiger partial charge is 0.389 e. The van der Waals surface area contributed by atoms with Crippen LogP contribution in [0.15, 0.2) is 48.8 Å². The van der Waals surface area contributed by atoms with E-state index >= 15 is 0 Å². The van der Waals surface area contributed by atoms with Crippen LogP contribution in [0.2, 0.25) is 0 Å². The van der Waals surface area contributed by atoms with E-state index in [0.717, 1.165) is 6.07 Å². The highest BCUT2D eigenvalue weighted by atomic mass is 19.3. The molecule has 1 heterocycles. The van der Waals surface area contributed by atoms with Crippen molar-refractivity contribution in [2.45, 2.75) is 44.4 Å². The third kappa shape index (κ3) is 3.05. The van der Waals surface area contributed by atoms with E-state index in [4.69, 9.17) is 0 Å². The van der Waals surface area contributed by atoms with Crippen molar-refractivity contribution in [3.8, 4) is 22.3 Å². The van der Waals surface area contributed by atoms with Gasteiger partial charge in [0, 0.05) is 29.8 Å². The Hall–Kier alpha value is -2.64. The van der Waals surface area contributed by atoms with E-state index < -0.39 is 22.9 Å². The lowest BCUT2D eigenvalue weighted by Crippen LogP contribution is -2.42. The molecule has 3 aromatic rings. The summed E-state index contributed by atoms with van der Waals surface area (Å²) in [5, 5.41) is 25.3. The van der Waals surface area contributed by atoms with Crippen LogP contribution in [0, 0.1) is 5.82 Å². The molecule has 2 N–H and O–H groups in total. The highest BCUT2D eigenvalue weighted by Gasteiger charge is 2.57. The van der Waals surface area contributed by atoms with E-state index in [1.54, 1.807) is 38.2 Å². The van der Waals surface area contributed by atoms with Gasteiger partial charge in [0.05, 0.1) is 18.3 Å². The molecule has 1 aromatic heterocycles. The van der Waals surface area contributed by atoms with Crippen molar-refractivity contribution < 1.29 is 23.4 Å². The lowest BCUT2D eigenvalue weighted by Gasteiger charge is -2.32. The van der Waals surface area contributed by atoms with Crippen LogP contribution >= 0.6 is 0 Å². The molecule has 0 fully saturated rings. The van der Waals surface area contributed by atoms with Gasteiger partial charge < -0.3 is 10.2 Å². The fourth-order valence-electron chi connectivity index (χ4n) is 4.03. The second-order valence-corrected chi connectivity index (χ2v) is 8.26. The first kappa shape index (κ1) is 19.7. The summed E-state index contributed by atoms with van der Waals surface area (Å²) in [6.07, 6.45) is 3.11. The summed E-state index contributed by atoms with van der Waals surface area (Å²) >= 11 is 0. The molecule has 0 spiro atoms. The zero-order valence-electron chi connectivity index (χ0n) is 16.2. The molecule has 4 nitrogen and oxygen atoms in total. The van der Waals surface area contributed by atoms with Crippen LogP contribution in [0.4, 0.5) is 13.2 Å². The molecule has 29 heavy (non-hydrogen) atoms. The van der Waals surface area contributed by atoms with Crippen molar-refractivity contribution in [3.63, 3.8) is 0 Å². The zero-order chi connectivity index (χ0) is 21.2. The van der Waals surface area contributed by atoms with Crippen molar-refractivity contribution >= 4 is 0 Å². The quantitative estimate of drug-likeness (QED) is 0.683. The topological polar surface area (TPSA) is 58.3 Å². The van der Waals surface area contributed by atoms with Crippen molar-refractivity contribution in [3.05, 3.63) is 65.7 Å². The number of aliphatic hydroxyl groups is 2. The van der Waals surface area contributed by atoms with Crippen molar-refractivity contribution in [1.82, 2.24) is 9.78 Å². The molecule has 0 radical (unpaired) electrons. The first-order chi connectivity index (χ1) is 13.4. The summed E-state index contributed by atoms with van der Waals surface area (Å²) in [4.78, 5) is 0. The standard InChI is InChI=1S/C22H21F3N2O2/c1-20(2,28)12-27-11-13(10-26-27)16-8-14(23)9-18-19(16)15-6-4-5-7-17(15)22(18,29)21(3,24)25/h4-11,28-29H,12H2,1-3H3. The molecule has 1 atom stereocenters. The molecule has 2 aromatic carbocycles. The van der Waals surface area contributed by atoms with E-state index in [9.17, 15) is 23.4 Å². The van der Waals surface area contributed by atoms with Crippen LogP contribution < -0.4 is 0 Å². The normalized spacial score (nSPS) is 18.6. The Morgan fingerprint density at radius 3 is 2.41 bits per heavy atom. The molecule has 1 aliphatic rings. The Labute approximate surface area is 166 Å². The van der Waals surface area contributed by atoms with Crippen LogP contribution in [-0.2, 0) is 12.1 Å². The number of benzene rings is 2. The Morgan fingerprint density at radius 1 is 1.07 bits per heavy atom. The number of alkyl halides is 2. The minimum atomic E-state index is -3.54. The summed E-state index contributed by atoms with van der Waals surface area (Å²) in [7, 11) is 0. The maximum absolute atomic E-state index is 14.6. The minimum Gasteiger partial charge on any atom is -0.389 e. The van der Waals surface area contributed by atoms with Gasteiger partial charge in [0.2, 0.25) is 0 Å². The molecule has 7 heteroatoms. The van der Waals surface area contributed by atoms with E-state index in [0.29, 0.717) is 29.2 Å². The third-order valence-corrected chi connectivity index (χ3v) is 5.21. The first-order valence-electron chi connectivity index (χ1n) is 9.21. The van der Waals surface area contributed by atoms with Crippen LogP contribution in [-0.4, -0.2) is 31.5 Å². The zero-order valence-corrected chi connectivity index (χ0v) is 16.2. The average Bonchev–Trinajstić information content (AvgIpc) is 3.15. The van der Waals surface area contributed by atoms with E-state index in [1.165, 1.54) is 23.0 Å². The Morgan fingerprint density at radius 2 is 1.76 bits per heavy atom. The smallest absolute Gasteiger partial charge is 0.281 e. The number of halogens is 3. The lowest BCUT2D eigenvalue weighted by molar-refractivity contribution is -0.148. The van der Waals surface area contributed by atoms with Gasteiger partial charge in [-0.1, -0.05) is 24.3 Å². The Bertz CT molecular complexity index is 1100. The molecular weight excluding hydrogens is 381 g/mol. The molecule has 0 amide bonds. The molecule has 0 bridgehead atoms. The Kier molecular flexibility index (Phi) is 4.19. The molecule has 0 saturated heterocycles. The number of hydrogen-bond acceptors (Lipinski definition) is 3. The summed E-state index contributed by atoms with van der Waals surface area (Å²) in [6, 6.07) is 8.55. The van der Waals surface area contributed by atoms with E-state index in [1.807, 2.05) is 0 Å². The van der Waals surface area contributed by atoms with Gasteiger partial charge in [-0.2, -0.15) is 5.10 Å². The molecule has 1 aliphatic carbocycles. The van der Waals surface area contributed by atoms with Crippen molar-refractivity contribution in [1.29, 1.82) is 0 Å². The van der Waals surface area contributed by atoms with Gasteiger partial charge in [-0.3, -0.25) is 4.68 Å². The molecule has 1 unspecified atom stereocenters. The van der Waals surface area contributed by atoms with Crippen LogP contribution in [0.3, 0.4) is 0 Å². The van der Waals surface area contributed by atoms with Gasteiger partial charge in [-0.25, -0.2) is 13.2 Å². The average molecular weight is 402 g/mol. The maximum atomic E-state index is 14.6. The molecule has 0 aliphatic heterocycles. The SMILES string of the molecule is CC(C)(O)Cn1cc(-c2cc(F)cc3c2-c2ccccc2C3(O)C(C)(F)F)cn1. The monoisotopic (exact) mass is 402 g/mol. The number of fused-ring (bicyclic) bond motifs is 3. The predicted molar refractivity (Wildman–Crippen MR) is 103 cm³/mol. The van der Waals surface area contributed by atoms with Gasteiger partial charge in [0.1, 0.15) is 5.82 Å². The van der Waals surface area contributed by atoms with Crippen molar-refractivity contribution in [2.75, 3.05) is 0 Å². The molecule has 152 valence electrons. The highest BCUT2D eigenvalue weighted by molar-refractivity contribution is 5.92. The second-order valence-electron chi connectivity index (χ2n) is 8.26. The van der Waals surface area contributed by atoms with Gasteiger partial charge in [-0.05, 0) is 42.7 Å². The Balaban J connectivity index is 1.97. The number of hydrogen-bond donors (Lipinski definition) is 2. The third-order valence-electron chi connectivity index (χ3n) is 5.21. The minimum absolute atomic E-state index is 0.0400.